The van der Waals surface area contributed by atoms with Gasteiger partial charge in [-0.25, -0.2) is 0 Å². The number of rotatable bonds is 27. The number of hydrogen-bond acceptors (Lipinski definition) is 17. The number of carbonyl (C=O) groups is 7. The van der Waals surface area contributed by atoms with Crippen molar-refractivity contribution in [2.45, 2.75) is 59.4 Å². The van der Waals surface area contributed by atoms with Crippen molar-refractivity contribution in [2.24, 2.45) is 17.6 Å². The molecule has 4 aromatic heterocycles. The Morgan fingerprint density at radius 2 is 1.03 bits per heavy atom. The monoisotopic (exact) mass is 1020 g/mol. The summed E-state index contributed by atoms with van der Waals surface area (Å²) in [5.74, 6) is -6.75. The Morgan fingerprint density at radius 3 is 1.51 bits per heavy atom. The molecule has 1 unspecified atom stereocenters. The van der Waals surface area contributed by atoms with Gasteiger partial charge in [-0.2, -0.15) is 0 Å². The summed E-state index contributed by atoms with van der Waals surface area (Å²) in [5.41, 5.74) is -1.42. The number of ketones is 2. The molecule has 0 aromatic carbocycles. The standard InChI is InChI=1S/C47H60N10O16/c1-28(2)39(60)32-17-15-30(44(65)56(32)71)41(62)49-20-8-24-52(46(67)35-10-5-13-37(58)54(35)69)23-7-12-34(43(64)51-22-27-73-26-19-48)53(47(68)36-11-6-14-38(59)55(36)70)25-9-21-50-42(63)31-16-18-33(40(61)29(3)4)57(72)45(31)66/h5-6,10-11,13-18,28-29,34,69-72H,7-9,12,19-27,48H2,1-4H3,(H,49,62)(H,50,63)(H,51,64). The first-order chi connectivity index (χ1) is 34.6. The van der Waals surface area contributed by atoms with E-state index in [-0.39, 0.29) is 115 Å². The topological polar surface area (TPSA) is 366 Å². The van der Waals surface area contributed by atoms with Crippen LogP contribution in [0.25, 0.3) is 0 Å². The Labute approximate surface area is 416 Å². The molecule has 1 atom stereocenters. The molecule has 4 aromatic rings. The molecule has 0 radical (unpaired) electrons. The number of carbonyl (C=O) groups excluding carboxylic acids is 7. The summed E-state index contributed by atoms with van der Waals surface area (Å²) >= 11 is 0. The Kier molecular flexibility index (Phi) is 20.9. The lowest BCUT2D eigenvalue weighted by Gasteiger charge is -2.32. The molecule has 4 heterocycles. The number of Topliss-reactive ketones (excluding diaryl/α,β-unsaturated/α-hetero) is 2. The molecule has 26 heteroatoms. The molecule has 394 valence electrons. The maximum absolute atomic E-state index is 14.3. The number of nitrogens with one attached hydrogen (secondary N) is 3. The number of pyridine rings is 4. The van der Waals surface area contributed by atoms with Crippen molar-refractivity contribution >= 4 is 41.1 Å². The van der Waals surface area contributed by atoms with E-state index in [0.29, 0.717) is 0 Å². The molecule has 0 fully saturated rings. The summed E-state index contributed by atoms with van der Waals surface area (Å²) in [6, 6.07) is 9.65. The lowest BCUT2D eigenvalue weighted by Crippen LogP contribution is -2.52. The normalized spacial score (nSPS) is 11.5. The van der Waals surface area contributed by atoms with Crippen LogP contribution in [0.5, 0.6) is 0 Å². The average Bonchev–Trinajstić information content (AvgIpc) is 3.35. The van der Waals surface area contributed by atoms with Gasteiger partial charge in [-0.15, -0.1) is 18.9 Å². The number of nitrogens with zero attached hydrogens (tertiary/aromatic N) is 6. The van der Waals surface area contributed by atoms with Crippen LogP contribution in [0, 0.1) is 11.8 Å². The predicted molar refractivity (Wildman–Crippen MR) is 257 cm³/mol. The van der Waals surface area contributed by atoms with Crippen LogP contribution in [0.4, 0.5) is 0 Å². The molecule has 0 spiro atoms. The minimum atomic E-state index is -1.44. The number of amides is 5. The summed E-state index contributed by atoms with van der Waals surface area (Å²) in [7, 11) is 0. The number of nitrogens with two attached hydrogens (primary N) is 1. The van der Waals surface area contributed by atoms with Gasteiger partial charge in [-0.05, 0) is 62.1 Å². The van der Waals surface area contributed by atoms with Gasteiger partial charge in [0.15, 0.2) is 11.6 Å². The van der Waals surface area contributed by atoms with Gasteiger partial charge in [-0.3, -0.25) is 52.7 Å². The van der Waals surface area contributed by atoms with E-state index in [1.165, 1.54) is 23.1 Å². The van der Waals surface area contributed by atoms with Crippen LogP contribution in [0.2, 0.25) is 0 Å². The van der Waals surface area contributed by atoms with Gasteiger partial charge in [-0.1, -0.05) is 39.8 Å². The van der Waals surface area contributed by atoms with Crippen molar-refractivity contribution < 1.29 is 59.1 Å². The van der Waals surface area contributed by atoms with Crippen LogP contribution in [0.1, 0.15) is 116 Å². The van der Waals surface area contributed by atoms with E-state index in [1.807, 2.05) is 0 Å². The fourth-order valence-corrected chi connectivity index (χ4v) is 7.24. The van der Waals surface area contributed by atoms with Crippen molar-refractivity contribution in [1.82, 2.24) is 44.7 Å². The molecule has 0 aliphatic heterocycles. The van der Waals surface area contributed by atoms with Crippen LogP contribution < -0.4 is 43.9 Å². The summed E-state index contributed by atoms with van der Waals surface area (Å²) in [4.78, 5) is 146. The van der Waals surface area contributed by atoms with Crippen molar-refractivity contribution in [3.63, 3.8) is 0 Å². The number of ether oxygens (including phenoxy) is 1. The molecule has 0 saturated carbocycles. The molecule has 0 saturated heterocycles. The molecule has 73 heavy (non-hydrogen) atoms. The van der Waals surface area contributed by atoms with E-state index in [9.17, 15) is 73.6 Å². The zero-order valence-electron chi connectivity index (χ0n) is 40.6. The van der Waals surface area contributed by atoms with E-state index in [1.54, 1.807) is 27.7 Å². The first kappa shape index (κ1) is 57.2. The van der Waals surface area contributed by atoms with Gasteiger partial charge in [0, 0.05) is 69.8 Å². The largest absolute Gasteiger partial charge is 0.425 e. The lowest BCUT2D eigenvalue weighted by molar-refractivity contribution is -0.126. The zero-order valence-corrected chi connectivity index (χ0v) is 40.6. The Bertz CT molecular complexity index is 2920. The van der Waals surface area contributed by atoms with Crippen molar-refractivity contribution in [1.29, 1.82) is 0 Å². The van der Waals surface area contributed by atoms with Crippen LogP contribution in [-0.2, 0) is 9.53 Å². The molecule has 0 aliphatic carbocycles. The third-order valence-electron chi connectivity index (χ3n) is 11.2. The first-order valence-electron chi connectivity index (χ1n) is 23.2. The van der Waals surface area contributed by atoms with Crippen molar-refractivity contribution in [3.8, 4) is 0 Å². The van der Waals surface area contributed by atoms with Gasteiger partial charge in [0.1, 0.15) is 39.9 Å². The Morgan fingerprint density at radius 1 is 0.562 bits per heavy atom. The fraction of sp³-hybridized carbons (Fsp3) is 0.426. The van der Waals surface area contributed by atoms with E-state index in [2.05, 4.69) is 16.0 Å². The third-order valence-corrected chi connectivity index (χ3v) is 11.2. The van der Waals surface area contributed by atoms with Crippen LogP contribution in [0.15, 0.2) is 79.8 Å². The minimum Gasteiger partial charge on any atom is -0.425 e. The number of aromatic nitrogens is 4. The second kappa shape index (κ2) is 26.7. The van der Waals surface area contributed by atoms with Crippen molar-refractivity contribution in [3.05, 3.63) is 136 Å². The molecular formula is C47H60N10O16. The molecule has 5 amide bonds. The summed E-state index contributed by atoms with van der Waals surface area (Å²) < 4.78 is 5.74. The minimum absolute atomic E-state index is 0.00462. The second-order valence-electron chi connectivity index (χ2n) is 17.0. The molecule has 0 bridgehead atoms. The fourth-order valence-electron chi connectivity index (χ4n) is 7.24. The van der Waals surface area contributed by atoms with Gasteiger partial charge in [0.05, 0.1) is 13.2 Å². The highest BCUT2D eigenvalue weighted by Gasteiger charge is 2.33. The molecule has 0 aliphatic rings. The van der Waals surface area contributed by atoms with Crippen LogP contribution in [-0.4, -0.2) is 156 Å². The predicted octanol–water partition coefficient (Wildman–Crippen LogP) is -0.575. The Hall–Kier alpha value is -8.39. The summed E-state index contributed by atoms with van der Waals surface area (Å²) in [5, 5.41) is 49.5. The second-order valence-corrected chi connectivity index (χ2v) is 17.0. The highest BCUT2D eigenvalue weighted by atomic mass is 16.5. The molecule has 9 N–H and O–H groups in total. The van der Waals surface area contributed by atoms with Gasteiger partial charge >= 0.3 is 0 Å². The zero-order chi connectivity index (χ0) is 54.1. The first-order valence-corrected chi connectivity index (χ1v) is 23.2. The highest BCUT2D eigenvalue weighted by Crippen LogP contribution is 2.16. The van der Waals surface area contributed by atoms with E-state index >= 15 is 0 Å². The maximum atomic E-state index is 14.3. The highest BCUT2D eigenvalue weighted by molar-refractivity contribution is 5.99. The number of hydrogen-bond donors (Lipinski definition) is 8. The third kappa shape index (κ3) is 14.6. The lowest BCUT2D eigenvalue weighted by atomic mass is 10.1. The van der Waals surface area contributed by atoms with Gasteiger partial charge in [0.25, 0.3) is 45.9 Å². The average molecular weight is 1020 g/mol. The van der Waals surface area contributed by atoms with Crippen LogP contribution >= 0.6 is 0 Å². The molecular weight excluding hydrogens is 961 g/mol. The Balaban J connectivity index is 1.61. The maximum Gasteiger partial charge on any atom is 0.296 e. The quantitative estimate of drug-likeness (QED) is 0.0211. The van der Waals surface area contributed by atoms with Gasteiger partial charge in [0.2, 0.25) is 5.91 Å². The van der Waals surface area contributed by atoms with E-state index < -0.39 is 104 Å². The van der Waals surface area contributed by atoms with Crippen molar-refractivity contribution in [2.75, 3.05) is 59.0 Å². The summed E-state index contributed by atoms with van der Waals surface area (Å²) in [6.45, 7) is 5.35. The molecule has 26 nitrogen and oxygen atoms in total. The van der Waals surface area contributed by atoms with Gasteiger partial charge < -0.3 is 57.0 Å². The van der Waals surface area contributed by atoms with E-state index in [0.717, 1.165) is 47.4 Å². The smallest absolute Gasteiger partial charge is 0.296 e. The summed E-state index contributed by atoms with van der Waals surface area (Å²) in [6.07, 6.45) is -0.457. The van der Waals surface area contributed by atoms with E-state index in [4.69, 9.17) is 10.5 Å². The SMILES string of the molecule is CC(C)C(=O)c1ccc(C(=O)NCCCN(CCCC(C(=O)NCCOCCN)N(CCCNC(=O)c2ccc(C(=O)C(C)C)n(O)c2=O)C(=O)c2cccc(=O)n2O)C(=O)c2cccc(=O)n2O)c(=O)n1O. The van der Waals surface area contributed by atoms with Crippen LogP contribution in [0.3, 0.4) is 0 Å². The molecule has 4 rings (SSSR count).